The molecule has 60 heavy (non-hydrogen) atoms. The molecule has 2 aromatic heterocycles. The number of nitrogens with zero attached hydrogens (tertiary/aromatic N) is 5. The normalized spacial score (nSPS) is 31.2. The number of aromatic nitrogens is 3. The van der Waals surface area contributed by atoms with Crippen molar-refractivity contribution >= 4 is 62.1 Å². The zero-order valence-electron chi connectivity index (χ0n) is 34.7. The lowest BCUT2D eigenvalue weighted by Gasteiger charge is -2.42. The number of halogens is 3. The van der Waals surface area contributed by atoms with Crippen LogP contribution in [-0.4, -0.2) is 102 Å². The van der Waals surface area contributed by atoms with Crippen molar-refractivity contribution < 1.29 is 46.2 Å². The molecule has 3 aromatic rings. The molecule has 1 aromatic carbocycles. The minimum Gasteiger partial charge on any atom is -0.465 e. The number of carboxylic acid groups (broad SMARTS) is 1. The number of imidazole rings is 1. The summed E-state index contributed by atoms with van der Waals surface area (Å²) in [5.41, 5.74) is -3.51. The summed E-state index contributed by atoms with van der Waals surface area (Å²) in [7, 11) is -4.18. The summed E-state index contributed by atoms with van der Waals surface area (Å²) >= 11 is 6.39. The van der Waals surface area contributed by atoms with E-state index in [9.17, 15) is 27.9 Å². The molecule has 1 saturated heterocycles. The highest BCUT2D eigenvalue weighted by Gasteiger charge is 2.71. The number of sulfonamides is 1. The summed E-state index contributed by atoms with van der Waals surface area (Å²) < 4.78 is 71.0. The number of alkyl halides is 2. The van der Waals surface area contributed by atoms with E-state index in [0.29, 0.717) is 36.9 Å². The molecule has 3 N–H and O–H groups in total. The monoisotopic (exact) mass is 875 g/mol. The summed E-state index contributed by atoms with van der Waals surface area (Å²) in [6, 6.07) is -4.09. The van der Waals surface area contributed by atoms with Gasteiger partial charge < -0.3 is 15.2 Å². The van der Waals surface area contributed by atoms with Gasteiger partial charge in [-0.3, -0.25) is 33.3 Å². The summed E-state index contributed by atoms with van der Waals surface area (Å²) in [4.78, 5) is 66.9. The predicted octanol–water partition coefficient (Wildman–Crippen LogP) is 6.21. The Hall–Kier alpha value is -4.58. The van der Waals surface area contributed by atoms with Crippen molar-refractivity contribution in [2.75, 3.05) is 0 Å². The molecule has 4 amide bonds. The third-order valence-corrected chi connectivity index (χ3v) is 15.5. The first-order valence-corrected chi connectivity index (χ1v) is 22.3. The van der Waals surface area contributed by atoms with E-state index in [4.69, 9.17) is 16.3 Å². The van der Waals surface area contributed by atoms with Gasteiger partial charge in [-0.15, -0.1) is 0 Å². The van der Waals surface area contributed by atoms with Crippen LogP contribution >= 0.6 is 11.6 Å². The van der Waals surface area contributed by atoms with Gasteiger partial charge in [0.15, 0.2) is 5.60 Å². The third-order valence-electron chi connectivity index (χ3n) is 13.1. The largest absolute Gasteiger partial charge is 0.465 e. The minimum absolute atomic E-state index is 0.0332. The van der Waals surface area contributed by atoms with Crippen LogP contribution in [0.25, 0.3) is 16.7 Å². The molecule has 8 atom stereocenters. The van der Waals surface area contributed by atoms with Crippen molar-refractivity contribution in [1.82, 2.24) is 34.2 Å². The van der Waals surface area contributed by atoms with Gasteiger partial charge in [0.25, 0.3) is 11.8 Å². The van der Waals surface area contributed by atoms with Crippen LogP contribution in [0.4, 0.5) is 13.6 Å². The van der Waals surface area contributed by atoms with E-state index in [1.807, 2.05) is 13.0 Å². The van der Waals surface area contributed by atoms with E-state index in [-0.39, 0.29) is 52.1 Å². The van der Waals surface area contributed by atoms with Crippen LogP contribution in [0.3, 0.4) is 0 Å². The van der Waals surface area contributed by atoms with E-state index in [2.05, 4.69) is 20.0 Å². The van der Waals surface area contributed by atoms with Gasteiger partial charge in [-0.05, 0) is 103 Å². The Labute approximate surface area is 352 Å². The summed E-state index contributed by atoms with van der Waals surface area (Å²) in [6.07, 6.45) is 5.15. The van der Waals surface area contributed by atoms with Crippen LogP contribution in [0.1, 0.15) is 98.6 Å². The molecule has 2 aliphatic carbocycles. The molecule has 2 saturated carbocycles. The lowest BCUT2D eigenvalue weighted by atomic mass is 9.86. The average Bonchev–Trinajstić information content (AvgIpc) is 4.03. The highest BCUT2D eigenvalue weighted by Crippen LogP contribution is 2.51. The SMILES string of the molecule is CCC(C)N(C(=O)O)[C@@H]1C(=O)N2[C@@H](C[C@@](C)(Oc3nc4nc(C)cn4c4ccc(Cl)cc34)C2(F)F)C(=O)N[C@]2(C(=O)NS(=O)(=O)C3(C)CC3)C[C@H]2/C=C\CC[C@@H](C)C[C@H]1C. The lowest BCUT2D eigenvalue weighted by Crippen LogP contribution is -2.64. The number of benzene rings is 1. The number of nitrogens with one attached hydrogen (secondary N) is 2. The van der Waals surface area contributed by atoms with E-state index in [0.717, 1.165) is 11.8 Å². The minimum atomic E-state index is -4.32. The number of hydrogen-bond acceptors (Lipinski definition) is 9. The van der Waals surface area contributed by atoms with Crippen molar-refractivity contribution in [3.05, 3.63) is 47.3 Å². The second kappa shape index (κ2) is 15.1. The number of allylic oxidation sites excluding steroid dienone is 1. The summed E-state index contributed by atoms with van der Waals surface area (Å²) in [5.74, 6) is -5.29. The molecule has 2 aliphatic heterocycles. The van der Waals surface area contributed by atoms with E-state index in [1.54, 1.807) is 56.5 Å². The fourth-order valence-corrected chi connectivity index (χ4v) is 10.3. The van der Waals surface area contributed by atoms with Crippen LogP contribution in [0.5, 0.6) is 5.88 Å². The summed E-state index contributed by atoms with van der Waals surface area (Å²) in [6.45, 7) is 11.1. The number of rotatable bonds is 8. The molecule has 7 rings (SSSR count). The predicted molar refractivity (Wildman–Crippen MR) is 218 cm³/mol. The van der Waals surface area contributed by atoms with Crippen LogP contribution < -0.4 is 14.8 Å². The van der Waals surface area contributed by atoms with Crippen molar-refractivity contribution in [3.63, 3.8) is 0 Å². The molecular formula is C41H52ClF2N7O8S. The first-order chi connectivity index (χ1) is 28.0. The maximum absolute atomic E-state index is 17.8. The fraction of sp³-hybridized carbons (Fsp3) is 0.610. The Morgan fingerprint density at radius 3 is 2.52 bits per heavy atom. The van der Waals surface area contributed by atoms with Gasteiger partial charge in [0.05, 0.1) is 21.3 Å². The highest BCUT2D eigenvalue weighted by atomic mass is 35.5. The number of ether oxygens (including phenoxy) is 1. The van der Waals surface area contributed by atoms with E-state index < -0.39 is 92.2 Å². The average molecular weight is 876 g/mol. The van der Waals surface area contributed by atoms with Gasteiger partial charge in [-0.2, -0.15) is 13.8 Å². The molecule has 19 heteroatoms. The van der Waals surface area contributed by atoms with Gasteiger partial charge in [-0.1, -0.05) is 44.5 Å². The molecule has 15 nitrogen and oxygen atoms in total. The number of hydrogen-bond donors (Lipinski definition) is 3. The Kier molecular flexibility index (Phi) is 10.9. The van der Waals surface area contributed by atoms with Gasteiger partial charge in [0.1, 0.15) is 17.6 Å². The smallest absolute Gasteiger partial charge is 0.408 e. The zero-order chi connectivity index (χ0) is 43.9. The number of amides is 4. The quantitative estimate of drug-likeness (QED) is 0.173. The number of carbonyl (C=O) groups excluding carboxylic acids is 3. The second-order valence-electron chi connectivity index (χ2n) is 17.8. The number of carbonyl (C=O) groups is 4. The van der Waals surface area contributed by atoms with Crippen LogP contribution in [0, 0.1) is 24.7 Å². The van der Waals surface area contributed by atoms with Crippen molar-refractivity contribution in [2.45, 2.75) is 140 Å². The van der Waals surface area contributed by atoms with E-state index in [1.165, 1.54) is 13.0 Å². The third kappa shape index (κ3) is 7.34. The maximum Gasteiger partial charge on any atom is 0.408 e. The van der Waals surface area contributed by atoms with Gasteiger partial charge in [0, 0.05) is 29.6 Å². The van der Waals surface area contributed by atoms with E-state index >= 15 is 13.6 Å². The first-order valence-electron chi connectivity index (χ1n) is 20.4. The Balaban J connectivity index is 1.37. The molecular weight excluding hydrogens is 824 g/mol. The fourth-order valence-electron chi connectivity index (χ4n) is 8.86. The van der Waals surface area contributed by atoms with Crippen molar-refractivity contribution in [2.24, 2.45) is 17.8 Å². The Morgan fingerprint density at radius 1 is 1.17 bits per heavy atom. The zero-order valence-corrected chi connectivity index (χ0v) is 36.2. The highest BCUT2D eigenvalue weighted by molar-refractivity contribution is 7.91. The molecule has 0 radical (unpaired) electrons. The Bertz CT molecular complexity index is 2410. The molecule has 0 bridgehead atoms. The first kappa shape index (κ1) is 43.5. The lowest BCUT2D eigenvalue weighted by molar-refractivity contribution is -0.218. The van der Waals surface area contributed by atoms with Crippen LogP contribution in [-0.2, 0) is 24.4 Å². The van der Waals surface area contributed by atoms with Gasteiger partial charge in [0.2, 0.25) is 27.6 Å². The van der Waals surface area contributed by atoms with Crippen molar-refractivity contribution in [3.8, 4) is 5.88 Å². The van der Waals surface area contributed by atoms with Gasteiger partial charge >= 0.3 is 12.1 Å². The van der Waals surface area contributed by atoms with Crippen molar-refractivity contribution in [1.29, 1.82) is 0 Å². The molecule has 326 valence electrons. The Morgan fingerprint density at radius 2 is 1.87 bits per heavy atom. The molecule has 1 unspecified atom stereocenters. The molecule has 3 fully saturated rings. The second-order valence-corrected chi connectivity index (χ2v) is 20.4. The standard InChI is InChI=1S/C41H52ClF2N7O8S/c1-8-25(5)50(37(55)56)31-23(3)17-22(2)11-9-10-12-26-19-40(26,35(54)48-60(57,58)38(6)15-16-38)47-32(52)30-20-39(7,41(43,44)51(30)34(31)53)59-33-28-18-27(42)13-14-29(28)49-21-24(4)45-36(49)46-33/h10,12-14,18,21-23,25-26,30-31H,8-9,11,15-17,19-20H2,1-7H3,(H,47,52)(H,48,54)(H,55,56)/b12-10-/t22-,23-,25?,26-,30+,31+,39-,40-/m1/s1. The molecule has 4 heterocycles. The maximum atomic E-state index is 17.8. The number of fused-ring (bicyclic) bond motifs is 5. The summed E-state index contributed by atoms with van der Waals surface area (Å²) in [5, 5.41) is 13.7. The molecule has 4 aliphatic rings. The van der Waals surface area contributed by atoms with Crippen LogP contribution in [0.15, 0.2) is 36.5 Å². The van der Waals surface area contributed by atoms with Crippen LogP contribution in [0.2, 0.25) is 5.02 Å². The molecule has 0 spiro atoms. The number of aryl methyl sites for hydroxylation is 1. The van der Waals surface area contributed by atoms with Gasteiger partial charge in [-0.25, -0.2) is 18.2 Å². The topological polar surface area (TPSA) is 193 Å².